The number of ether oxygens (including phenoxy) is 2. The molecule has 1 amide bonds. The fourth-order valence-corrected chi connectivity index (χ4v) is 1.24. The zero-order chi connectivity index (χ0) is 13.8. The summed E-state index contributed by atoms with van der Waals surface area (Å²) in [5.41, 5.74) is 6.20. The number of terminal acetylenes is 1. The summed E-state index contributed by atoms with van der Waals surface area (Å²) in [4.78, 5) is 10.5. The lowest BCUT2D eigenvalue weighted by atomic mass is 10.1. The highest BCUT2D eigenvalue weighted by molar-refractivity contribution is 5.73. The third-order valence-corrected chi connectivity index (χ3v) is 2.14. The van der Waals surface area contributed by atoms with Crippen molar-refractivity contribution < 1.29 is 14.3 Å². The maximum Gasteiger partial charge on any atom is 0.220 e. The lowest BCUT2D eigenvalue weighted by molar-refractivity contribution is -0.118. The standard InChI is InChI=1S/C12H17NO3.C2H2/c1-15-8-6-10-2-4-11(5-3-10)16-9-7-12(13)14;1-2/h2-5H,6-9H2,1H3,(H2,13,14);1-2H. The molecule has 98 valence electrons. The Bertz CT molecular complexity index is 357. The van der Waals surface area contributed by atoms with Crippen molar-refractivity contribution in [2.45, 2.75) is 12.8 Å². The van der Waals surface area contributed by atoms with Crippen molar-refractivity contribution in [3.8, 4) is 18.6 Å². The molecule has 4 nitrogen and oxygen atoms in total. The predicted molar refractivity (Wildman–Crippen MR) is 71.2 cm³/mol. The minimum atomic E-state index is -0.350. The molecule has 0 atom stereocenters. The Labute approximate surface area is 108 Å². The van der Waals surface area contributed by atoms with E-state index in [-0.39, 0.29) is 12.3 Å². The van der Waals surface area contributed by atoms with E-state index in [0.29, 0.717) is 13.2 Å². The van der Waals surface area contributed by atoms with Crippen molar-refractivity contribution in [2.24, 2.45) is 5.73 Å². The maximum absolute atomic E-state index is 10.5. The van der Waals surface area contributed by atoms with Crippen molar-refractivity contribution in [1.82, 2.24) is 0 Å². The number of primary amides is 1. The average Bonchev–Trinajstić information content (AvgIpc) is 2.40. The monoisotopic (exact) mass is 249 g/mol. The molecule has 0 fully saturated rings. The van der Waals surface area contributed by atoms with E-state index in [2.05, 4.69) is 12.8 Å². The molecule has 0 saturated heterocycles. The summed E-state index contributed by atoms with van der Waals surface area (Å²) < 4.78 is 10.3. The van der Waals surface area contributed by atoms with Crippen LogP contribution in [0.1, 0.15) is 12.0 Å². The van der Waals surface area contributed by atoms with E-state index in [1.807, 2.05) is 24.3 Å². The molecule has 0 aromatic heterocycles. The second kappa shape index (κ2) is 10.2. The normalized spacial score (nSPS) is 9.06. The molecule has 0 spiro atoms. The highest BCUT2D eigenvalue weighted by Gasteiger charge is 1.97. The van der Waals surface area contributed by atoms with Crippen LogP contribution in [0.5, 0.6) is 5.75 Å². The van der Waals surface area contributed by atoms with Crippen LogP contribution in [0.25, 0.3) is 0 Å². The van der Waals surface area contributed by atoms with Crippen LogP contribution in [0, 0.1) is 12.8 Å². The van der Waals surface area contributed by atoms with Gasteiger partial charge in [0.25, 0.3) is 0 Å². The van der Waals surface area contributed by atoms with Gasteiger partial charge in [-0.3, -0.25) is 4.79 Å². The second-order valence-electron chi connectivity index (χ2n) is 3.45. The molecule has 18 heavy (non-hydrogen) atoms. The van der Waals surface area contributed by atoms with Gasteiger partial charge in [0.05, 0.1) is 19.6 Å². The van der Waals surface area contributed by atoms with Gasteiger partial charge in [0, 0.05) is 7.11 Å². The first-order chi connectivity index (χ1) is 8.72. The van der Waals surface area contributed by atoms with Gasteiger partial charge in [0.1, 0.15) is 5.75 Å². The van der Waals surface area contributed by atoms with Gasteiger partial charge >= 0.3 is 0 Å². The number of rotatable bonds is 7. The lowest BCUT2D eigenvalue weighted by Gasteiger charge is -2.05. The van der Waals surface area contributed by atoms with E-state index in [1.54, 1.807) is 7.11 Å². The third kappa shape index (κ3) is 7.31. The Balaban J connectivity index is 0.00000137. The third-order valence-electron chi connectivity index (χ3n) is 2.14. The number of methoxy groups -OCH3 is 1. The van der Waals surface area contributed by atoms with Crippen molar-refractivity contribution >= 4 is 5.91 Å². The van der Waals surface area contributed by atoms with Crippen molar-refractivity contribution in [1.29, 1.82) is 0 Å². The Hall–Kier alpha value is -1.99. The molecule has 2 N–H and O–H groups in total. The average molecular weight is 249 g/mol. The quantitative estimate of drug-likeness (QED) is 0.743. The summed E-state index contributed by atoms with van der Waals surface area (Å²) >= 11 is 0. The molecular weight excluding hydrogens is 230 g/mol. The molecule has 4 heteroatoms. The van der Waals surface area contributed by atoms with Gasteiger partial charge in [-0.1, -0.05) is 12.1 Å². The molecular formula is C14H19NO3. The predicted octanol–water partition coefficient (Wildman–Crippen LogP) is 1.38. The minimum Gasteiger partial charge on any atom is -0.493 e. The molecule has 0 heterocycles. The van der Waals surface area contributed by atoms with E-state index in [4.69, 9.17) is 15.2 Å². The van der Waals surface area contributed by atoms with Crippen LogP contribution in [0.2, 0.25) is 0 Å². The molecule has 0 radical (unpaired) electrons. The Morgan fingerprint density at radius 1 is 1.22 bits per heavy atom. The first-order valence-electron chi connectivity index (χ1n) is 5.54. The Kier molecular flexibility index (Phi) is 9.06. The van der Waals surface area contributed by atoms with Crippen LogP contribution < -0.4 is 10.5 Å². The highest BCUT2D eigenvalue weighted by atomic mass is 16.5. The van der Waals surface area contributed by atoms with Crippen LogP contribution in [0.4, 0.5) is 0 Å². The fourth-order valence-electron chi connectivity index (χ4n) is 1.24. The first kappa shape index (κ1) is 16.0. The molecule has 0 aliphatic carbocycles. The van der Waals surface area contributed by atoms with Crippen molar-refractivity contribution in [2.75, 3.05) is 20.3 Å². The number of amides is 1. The van der Waals surface area contributed by atoms with Gasteiger partial charge in [-0.2, -0.15) is 0 Å². The van der Waals surface area contributed by atoms with Gasteiger partial charge in [0.2, 0.25) is 5.91 Å². The smallest absolute Gasteiger partial charge is 0.220 e. The molecule has 0 aliphatic rings. The molecule has 1 aromatic carbocycles. The number of hydrogen-bond acceptors (Lipinski definition) is 3. The van der Waals surface area contributed by atoms with Gasteiger partial charge in [-0.05, 0) is 24.1 Å². The number of nitrogens with two attached hydrogens (primary N) is 1. The topological polar surface area (TPSA) is 61.6 Å². The molecule has 0 bridgehead atoms. The zero-order valence-corrected chi connectivity index (χ0v) is 10.6. The van der Waals surface area contributed by atoms with Crippen molar-refractivity contribution in [3.05, 3.63) is 29.8 Å². The van der Waals surface area contributed by atoms with Gasteiger partial charge in [-0.15, -0.1) is 12.8 Å². The number of benzene rings is 1. The molecule has 0 saturated carbocycles. The minimum absolute atomic E-state index is 0.241. The second-order valence-corrected chi connectivity index (χ2v) is 3.45. The maximum atomic E-state index is 10.5. The van der Waals surface area contributed by atoms with Crippen LogP contribution in [0.3, 0.4) is 0 Å². The fraction of sp³-hybridized carbons (Fsp3) is 0.357. The first-order valence-corrected chi connectivity index (χ1v) is 5.54. The zero-order valence-electron chi connectivity index (χ0n) is 10.6. The summed E-state index contributed by atoms with van der Waals surface area (Å²) in [6.07, 6.45) is 9.13. The van der Waals surface area contributed by atoms with E-state index < -0.39 is 0 Å². The van der Waals surface area contributed by atoms with E-state index >= 15 is 0 Å². The number of carbonyl (C=O) groups is 1. The molecule has 0 unspecified atom stereocenters. The Morgan fingerprint density at radius 2 is 1.83 bits per heavy atom. The van der Waals surface area contributed by atoms with Crippen LogP contribution in [-0.4, -0.2) is 26.2 Å². The Morgan fingerprint density at radius 3 is 2.33 bits per heavy atom. The largest absolute Gasteiger partial charge is 0.493 e. The summed E-state index contributed by atoms with van der Waals surface area (Å²) in [5, 5.41) is 0. The summed E-state index contributed by atoms with van der Waals surface area (Å²) in [5.74, 6) is 0.402. The molecule has 0 aliphatic heterocycles. The van der Waals surface area contributed by atoms with Crippen LogP contribution >= 0.6 is 0 Å². The van der Waals surface area contributed by atoms with E-state index in [0.717, 1.165) is 12.2 Å². The van der Waals surface area contributed by atoms with Crippen molar-refractivity contribution in [3.63, 3.8) is 0 Å². The van der Waals surface area contributed by atoms with E-state index in [9.17, 15) is 4.79 Å². The highest BCUT2D eigenvalue weighted by Crippen LogP contribution is 2.12. The summed E-state index contributed by atoms with van der Waals surface area (Å²) in [6.45, 7) is 1.04. The molecule has 1 aromatic rings. The number of carbonyl (C=O) groups excluding carboxylic acids is 1. The lowest BCUT2D eigenvalue weighted by Crippen LogP contribution is -2.14. The van der Waals surface area contributed by atoms with Crippen LogP contribution in [0.15, 0.2) is 24.3 Å². The van der Waals surface area contributed by atoms with Gasteiger partial charge in [0.15, 0.2) is 0 Å². The van der Waals surface area contributed by atoms with Crippen LogP contribution in [-0.2, 0) is 16.0 Å². The number of hydrogen-bond donors (Lipinski definition) is 1. The summed E-state index contributed by atoms with van der Waals surface area (Å²) in [6, 6.07) is 7.73. The van der Waals surface area contributed by atoms with E-state index in [1.165, 1.54) is 5.56 Å². The summed E-state index contributed by atoms with van der Waals surface area (Å²) in [7, 11) is 1.68. The molecule has 1 rings (SSSR count). The van der Waals surface area contributed by atoms with Gasteiger partial charge < -0.3 is 15.2 Å². The SMILES string of the molecule is C#C.COCCc1ccc(OCCC(N)=O)cc1. The van der Waals surface area contributed by atoms with Gasteiger partial charge in [-0.25, -0.2) is 0 Å².